The van der Waals surface area contributed by atoms with Gasteiger partial charge >= 0.3 is 0 Å². The van der Waals surface area contributed by atoms with E-state index >= 15 is 0 Å². The predicted molar refractivity (Wildman–Crippen MR) is 85.2 cm³/mol. The molecule has 1 aromatic heterocycles. The topological polar surface area (TPSA) is 58.2 Å². The van der Waals surface area contributed by atoms with Gasteiger partial charge in [0, 0.05) is 18.3 Å². The molecular formula is C17H15N3O2. The summed E-state index contributed by atoms with van der Waals surface area (Å²) < 4.78 is 5.17. The summed E-state index contributed by atoms with van der Waals surface area (Å²) in [6.45, 7) is 0. The highest BCUT2D eigenvalue weighted by molar-refractivity contribution is 6.03. The van der Waals surface area contributed by atoms with Crippen molar-refractivity contribution in [3.05, 3.63) is 42.0 Å². The van der Waals surface area contributed by atoms with Crippen molar-refractivity contribution in [2.75, 3.05) is 19.1 Å². The number of carbonyl (C=O) groups excluding carboxylic acids is 1. The van der Waals surface area contributed by atoms with Crippen molar-refractivity contribution in [3.63, 3.8) is 0 Å². The maximum Gasteiger partial charge on any atom is 0.231 e. The third-order valence-corrected chi connectivity index (χ3v) is 4.12. The van der Waals surface area contributed by atoms with E-state index < -0.39 is 0 Å². The van der Waals surface area contributed by atoms with Crippen LogP contribution in [0.15, 0.2) is 36.4 Å². The van der Waals surface area contributed by atoms with Crippen molar-refractivity contribution < 1.29 is 9.53 Å². The number of likely N-dealkylation sites (N-methyl/N-ethyl adjacent to an activating group) is 1. The first-order valence-corrected chi connectivity index (χ1v) is 7.09. The first kappa shape index (κ1) is 12.9. The monoisotopic (exact) mass is 293 g/mol. The van der Waals surface area contributed by atoms with Gasteiger partial charge in [0.05, 0.1) is 24.6 Å². The molecule has 22 heavy (non-hydrogen) atoms. The summed E-state index contributed by atoms with van der Waals surface area (Å²) in [6.07, 6.45) is 0.457. The van der Waals surface area contributed by atoms with Crippen LogP contribution in [-0.2, 0) is 11.2 Å². The van der Waals surface area contributed by atoms with Gasteiger partial charge in [-0.1, -0.05) is 0 Å². The Bertz CT molecular complexity index is 881. The van der Waals surface area contributed by atoms with E-state index in [4.69, 9.17) is 4.74 Å². The standard InChI is InChI=1S/C17H15N3O2/c1-20-15-9-14-13(7-11(15)8-16(20)21)18-17(19-14)10-3-5-12(22-2)6-4-10/h3-7,9H,8H2,1-2H3,(H,18,19). The smallest absolute Gasteiger partial charge is 0.231 e. The molecule has 0 bridgehead atoms. The van der Waals surface area contributed by atoms with E-state index in [1.54, 1.807) is 19.1 Å². The van der Waals surface area contributed by atoms with Crippen LogP contribution in [-0.4, -0.2) is 30.0 Å². The largest absolute Gasteiger partial charge is 0.497 e. The second-order valence-corrected chi connectivity index (χ2v) is 5.44. The average Bonchev–Trinajstić information content (AvgIpc) is 3.07. The number of ether oxygens (including phenoxy) is 1. The molecule has 2 heterocycles. The van der Waals surface area contributed by atoms with Crippen LogP contribution in [0, 0.1) is 0 Å². The molecule has 0 saturated heterocycles. The molecule has 110 valence electrons. The second kappa shape index (κ2) is 4.59. The van der Waals surface area contributed by atoms with Crippen LogP contribution in [0.1, 0.15) is 5.56 Å². The molecule has 0 radical (unpaired) electrons. The third kappa shape index (κ3) is 1.86. The number of imidazole rings is 1. The van der Waals surface area contributed by atoms with E-state index in [1.165, 1.54) is 0 Å². The number of nitrogens with one attached hydrogen (secondary N) is 1. The number of anilines is 1. The van der Waals surface area contributed by atoms with E-state index in [9.17, 15) is 4.79 Å². The Kier molecular flexibility index (Phi) is 2.69. The van der Waals surface area contributed by atoms with Gasteiger partial charge in [0.15, 0.2) is 0 Å². The second-order valence-electron chi connectivity index (χ2n) is 5.44. The van der Waals surface area contributed by atoms with Gasteiger partial charge in [0.25, 0.3) is 0 Å². The molecule has 0 atom stereocenters. The molecule has 0 spiro atoms. The van der Waals surface area contributed by atoms with Crippen molar-refractivity contribution in [2.24, 2.45) is 0 Å². The minimum absolute atomic E-state index is 0.123. The van der Waals surface area contributed by atoms with Crippen LogP contribution in [0.5, 0.6) is 5.75 Å². The Morgan fingerprint density at radius 1 is 1.23 bits per heavy atom. The molecule has 4 rings (SSSR count). The van der Waals surface area contributed by atoms with Gasteiger partial charge in [-0.3, -0.25) is 4.79 Å². The summed E-state index contributed by atoms with van der Waals surface area (Å²) in [6, 6.07) is 11.8. The minimum atomic E-state index is 0.123. The number of nitrogens with zero attached hydrogens (tertiary/aromatic N) is 2. The van der Waals surface area contributed by atoms with Crippen LogP contribution in [0.25, 0.3) is 22.4 Å². The number of rotatable bonds is 2. The van der Waals surface area contributed by atoms with E-state index in [-0.39, 0.29) is 5.91 Å². The van der Waals surface area contributed by atoms with Crippen LogP contribution in [0.4, 0.5) is 5.69 Å². The summed E-state index contributed by atoms with van der Waals surface area (Å²) in [7, 11) is 3.45. The Morgan fingerprint density at radius 2 is 2.00 bits per heavy atom. The number of amides is 1. The number of benzene rings is 2. The van der Waals surface area contributed by atoms with Crippen molar-refractivity contribution in [3.8, 4) is 17.1 Å². The van der Waals surface area contributed by atoms with Gasteiger partial charge in [0.2, 0.25) is 5.91 Å². The summed E-state index contributed by atoms with van der Waals surface area (Å²) in [5.41, 5.74) is 4.82. The number of aromatic amines is 1. The molecule has 2 aromatic carbocycles. The fourth-order valence-corrected chi connectivity index (χ4v) is 2.85. The molecule has 0 fully saturated rings. The van der Waals surface area contributed by atoms with Crippen LogP contribution in [0.2, 0.25) is 0 Å². The maximum absolute atomic E-state index is 11.8. The van der Waals surface area contributed by atoms with Crippen LogP contribution >= 0.6 is 0 Å². The fraction of sp³-hybridized carbons (Fsp3) is 0.176. The maximum atomic E-state index is 11.8. The normalized spacial score (nSPS) is 13.7. The molecule has 3 aromatic rings. The highest BCUT2D eigenvalue weighted by atomic mass is 16.5. The Morgan fingerprint density at radius 3 is 2.73 bits per heavy atom. The summed E-state index contributed by atoms with van der Waals surface area (Å²) in [4.78, 5) is 21.4. The predicted octanol–water partition coefficient (Wildman–Crippen LogP) is 2.76. The van der Waals surface area contributed by atoms with Gasteiger partial charge in [-0.2, -0.15) is 0 Å². The van der Waals surface area contributed by atoms with Crippen molar-refractivity contribution in [2.45, 2.75) is 6.42 Å². The Hall–Kier alpha value is -2.82. The minimum Gasteiger partial charge on any atom is -0.497 e. The number of H-pyrrole nitrogens is 1. The SMILES string of the molecule is COc1ccc(-c2nc3cc4c(cc3[nH]2)CC(=O)N4C)cc1. The lowest BCUT2D eigenvalue weighted by atomic mass is 10.1. The zero-order valence-corrected chi connectivity index (χ0v) is 12.4. The highest BCUT2D eigenvalue weighted by Gasteiger charge is 2.25. The van der Waals surface area contributed by atoms with Crippen LogP contribution in [0.3, 0.4) is 0 Å². The van der Waals surface area contributed by atoms with Gasteiger partial charge in [-0.25, -0.2) is 4.98 Å². The number of carbonyl (C=O) groups is 1. The lowest BCUT2D eigenvalue weighted by molar-refractivity contribution is -0.117. The van der Waals surface area contributed by atoms with Gasteiger partial charge in [-0.15, -0.1) is 0 Å². The summed E-state index contributed by atoms with van der Waals surface area (Å²) in [5.74, 6) is 1.76. The van der Waals surface area contributed by atoms with Crippen LogP contribution < -0.4 is 9.64 Å². The Labute approximate surface area is 127 Å². The third-order valence-electron chi connectivity index (χ3n) is 4.12. The van der Waals surface area contributed by atoms with E-state index in [2.05, 4.69) is 9.97 Å². The molecule has 5 nitrogen and oxygen atoms in total. The lowest BCUT2D eigenvalue weighted by Crippen LogP contribution is -2.20. The number of hydrogen-bond donors (Lipinski definition) is 1. The van der Waals surface area contributed by atoms with Gasteiger partial charge < -0.3 is 14.6 Å². The van der Waals surface area contributed by atoms with E-state index in [0.29, 0.717) is 6.42 Å². The van der Waals surface area contributed by atoms with Gasteiger partial charge in [-0.05, 0) is 42.0 Å². The number of hydrogen-bond acceptors (Lipinski definition) is 3. The number of methoxy groups -OCH3 is 1. The average molecular weight is 293 g/mol. The van der Waals surface area contributed by atoms with E-state index in [1.807, 2.05) is 36.4 Å². The van der Waals surface area contributed by atoms with Crippen molar-refractivity contribution >= 4 is 22.6 Å². The number of aromatic nitrogens is 2. The summed E-state index contributed by atoms with van der Waals surface area (Å²) >= 11 is 0. The van der Waals surface area contributed by atoms with Crippen molar-refractivity contribution in [1.82, 2.24) is 9.97 Å². The molecule has 1 N–H and O–H groups in total. The fourth-order valence-electron chi connectivity index (χ4n) is 2.85. The first-order chi connectivity index (χ1) is 10.7. The zero-order valence-electron chi connectivity index (χ0n) is 12.4. The Balaban J connectivity index is 1.80. The molecule has 5 heteroatoms. The molecule has 1 aliphatic heterocycles. The molecule has 0 unspecified atom stereocenters. The van der Waals surface area contributed by atoms with Gasteiger partial charge in [0.1, 0.15) is 11.6 Å². The quantitative estimate of drug-likeness (QED) is 0.790. The van der Waals surface area contributed by atoms with E-state index in [0.717, 1.165) is 39.4 Å². The summed E-state index contributed by atoms with van der Waals surface area (Å²) in [5, 5.41) is 0. The molecular weight excluding hydrogens is 278 g/mol. The molecule has 0 aliphatic carbocycles. The number of fused-ring (bicyclic) bond motifs is 2. The lowest BCUT2D eigenvalue weighted by Gasteiger charge is -2.08. The molecule has 0 saturated carbocycles. The molecule has 1 aliphatic rings. The first-order valence-electron chi connectivity index (χ1n) is 7.09. The highest BCUT2D eigenvalue weighted by Crippen LogP contribution is 2.32. The molecule has 1 amide bonds. The zero-order chi connectivity index (χ0) is 15.3. The van der Waals surface area contributed by atoms with Crippen molar-refractivity contribution in [1.29, 1.82) is 0 Å².